The van der Waals surface area contributed by atoms with Crippen molar-refractivity contribution in [1.82, 2.24) is 0 Å². The summed E-state index contributed by atoms with van der Waals surface area (Å²) in [6.07, 6.45) is 7.28. The van der Waals surface area contributed by atoms with Crippen molar-refractivity contribution in [2.45, 2.75) is 146 Å². The molecule has 290 valence electrons. The molecule has 1 aromatic carbocycles. The number of carbonyl (C=O) groups excluding carboxylic acids is 2. The van der Waals surface area contributed by atoms with Crippen LogP contribution in [0.15, 0.2) is 42.0 Å². The lowest BCUT2D eigenvalue weighted by Gasteiger charge is -2.71. The van der Waals surface area contributed by atoms with Crippen LogP contribution in [0.4, 0.5) is 0 Å². The van der Waals surface area contributed by atoms with Gasteiger partial charge in [-0.15, -0.1) is 0 Å². The lowest BCUT2D eigenvalue weighted by molar-refractivity contribution is -0.275. The fourth-order valence-electron chi connectivity index (χ4n) is 12.8. The van der Waals surface area contributed by atoms with E-state index in [1.807, 2.05) is 30.3 Å². The van der Waals surface area contributed by atoms with Gasteiger partial charge in [0, 0.05) is 23.8 Å². The summed E-state index contributed by atoms with van der Waals surface area (Å²) < 4.78 is 26.2. The Morgan fingerprint density at radius 3 is 2.25 bits per heavy atom. The van der Waals surface area contributed by atoms with Gasteiger partial charge in [0.2, 0.25) is 0 Å². The van der Waals surface area contributed by atoms with Crippen LogP contribution >= 0.6 is 0 Å². The first kappa shape index (κ1) is 39.5. The highest BCUT2D eigenvalue weighted by atomic mass is 16.6. The summed E-state index contributed by atoms with van der Waals surface area (Å²) >= 11 is 0. The van der Waals surface area contributed by atoms with Gasteiger partial charge in [-0.3, -0.25) is 9.59 Å². The number of carbonyl (C=O) groups is 2. The van der Waals surface area contributed by atoms with E-state index < -0.39 is 6.10 Å². The average molecular weight is 720 g/mol. The Kier molecular flexibility index (Phi) is 10.7. The second-order valence-corrected chi connectivity index (χ2v) is 19.5. The van der Waals surface area contributed by atoms with E-state index in [4.69, 9.17) is 24.7 Å². The molecule has 1 aliphatic heterocycles. The molecule has 2 N–H and O–H groups in total. The molecule has 0 amide bonds. The third-order valence-electron chi connectivity index (χ3n) is 16.3. The zero-order chi connectivity index (χ0) is 38.0. The second kappa shape index (κ2) is 14.1. The maximum absolute atomic E-state index is 14.7. The van der Waals surface area contributed by atoms with Crippen LogP contribution in [0.1, 0.15) is 120 Å². The summed E-state index contributed by atoms with van der Waals surface area (Å²) in [7, 11) is 0. The van der Waals surface area contributed by atoms with Crippen LogP contribution in [0.5, 0.6) is 0 Å². The first-order valence-electron chi connectivity index (χ1n) is 20.4. The predicted molar refractivity (Wildman–Crippen MR) is 205 cm³/mol. The number of fused-ring (bicyclic) bond motifs is 3. The standard InChI is InChI=1S/C45H69NO6/c1-27(2)29(5)41(8)21-22-43(10)33-17-18-36-42(9)25-49-26-45(36,23-35(52-31(7)47)39(42)51-30(6)37(46)28(3)4)34(33)19-20-44(43,11)38(41)40(48)50-24-32-15-13-12-14-16-32/h12-16,19,27-30,33,35-39H,17-18,20-26,46H2,1-11H3/t29-,30?,33+,35-,36+,37?,38-,39+,41-,42-,43-,44+,45+/m1/s1. The van der Waals surface area contributed by atoms with E-state index in [1.165, 1.54) is 12.5 Å². The predicted octanol–water partition coefficient (Wildman–Crippen LogP) is 8.92. The summed E-state index contributed by atoms with van der Waals surface area (Å²) in [5.74, 6) is 1.10. The van der Waals surface area contributed by atoms with Crippen molar-refractivity contribution in [3.05, 3.63) is 47.5 Å². The SMILES string of the molecule is CC(=O)O[C@@H]1C[C@@]23COC[C@](C)([C@@H]2CC[C@H]2C3=CC[C@@]3(C)[C@H](C(=O)OCc4ccccc4)[C@@](C)([C@H](C)C(C)C)CC[C@]23C)[C@H]1OC(C)C(N)C(C)C. The zero-order valence-electron chi connectivity index (χ0n) is 34.1. The molecule has 7 nitrogen and oxygen atoms in total. The van der Waals surface area contributed by atoms with Crippen molar-refractivity contribution in [2.75, 3.05) is 13.2 Å². The summed E-state index contributed by atoms with van der Waals surface area (Å²) in [5, 5.41) is 0. The van der Waals surface area contributed by atoms with Crippen molar-refractivity contribution < 1.29 is 28.5 Å². The van der Waals surface area contributed by atoms with Gasteiger partial charge in [-0.2, -0.15) is 0 Å². The Bertz CT molecular complexity index is 1510. The van der Waals surface area contributed by atoms with Gasteiger partial charge in [-0.1, -0.05) is 104 Å². The Hall–Kier alpha value is -2.22. The van der Waals surface area contributed by atoms with Crippen LogP contribution in [0.3, 0.4) is 0 Å². The lowest BCUT2D eigenvalue weighted by atomic mass is 9.34. The van der Waals surface area contributed by atoms with Gasteiger partial charge in [-0.05, 0) is 96.8 Å². The minimum Gasteiger partial charge on any atom is -0.461 e. The number of allylic oxidation sites excluding steroid dienone is 1. The van der Waals surface area contributed by atoms with Crippen molar-refractivity contribution >= 4 is 11.9 Å². The third kappa shape index (κ3) is 6.11. The topological polar surface area (TPSA) is 97.1 Å². The molecule has 4 fully saturated rings. The first-order valence-corrected chi connectivity index (χ1v) is 20.4. The van der Waals surface area contributed by atoms with Gasteiger partial charge in [-0.25, -0.2) is 0 Å². The smallest absolute Gasteiger partial charge is 0.310 e. The Balaban J connectivity index is 1.40. The van der Waals surface area contributed by atoms with E-state index in [0.717, 1.165) is 37.7 Å². The molecule has 2 bridgehead atoms. The monoisotopic (exact) mass is 720 g/mol. The number of rotatable bonds is 10. The van der Waals surface area contributed by atoms with E-state index in [-0.39, 0.29) is 69.1 Å². The Morgan fingerprint density at radius 1 is 0.923 bits per heavy atom. The van der Waals surface area contributed by atoms with Crippen LogP contribution in [-0.2, 0) is 35.1 Å². The van der Waals surface area contributed by atoms with E-state index >= 15 is 0 Å². The molecule has 1 aromatic rings. The summed E-state index contributed by atoms with van der Waals surface area (Å²) in [6.45, 7) is 25.9. The first-order chi connectivity index (χ1) is 24.4. The second-order valence-electron chi connectivity index (χ2n) is 19.5. The molecule has 0 radical (unpaired) electrons. The van der Waals surface area contributed by atoms with Gasteiger partial charge < -0.3 is 24.7 Å². The largest absolute Gasteiger partial charge is 0.461 e. The van der Waals surface area contributed by atoms with E-state index in [9.17, 15) is 9.59 Å². The van der Waals surface area contributed by atoms with Crippen LogP contribution in [0, 0.1) is 62.6 Å². The maximum atomic E-state index is 14.7. The van der Waals surface area contributed by atoms with Crippen LogP contribution < -0.4 is 5.73 Å². The number of esters is 2. The van der Waals surface area contributed by atoms with E-state index in [0.29, 0.717) is 49.9 Å². The molecule has 2 unspecified atom stereocenters. The molecular weight excluding hydrogens is 650 g/mol. The number of ether oxygens (including phenoxy) is 4. The summed E-state index contributed by atoms with van der Waals surface area (Å²) in [4.78, 5) is 27.5. The normalized spacial score (nSPS) is 41.5. The van der Waals surface area contributed by atoms with Gasteiger partial charge >= 0.3 is 11.9 Å². The van der Waals surface area contributed by atoms with Crippen molar-refractivity contribution in [3.63, 3.8) is 0 Å². The van der Waals surface area contributed by atoms with Crippen molar-refractivity contribution in [2.24, 2.45) is 68.3 Å². The minimum atomic E-state index is -0.396. The van der Waals surface area contributed by atoms with Gasteiger partial charge in [0.25, 0.3) is 0 Å². The Morgan fingerprint density at radius 2 is 1.62 bits per heavy atom. The molecule has 13 atom stereocenters. The Labute approximate surface area is 314 Å². The fourth-order valence-corrected chi connectivity index (χ4v) is 12.8. The molecule has 1 heterocycles. The number of nitrogens with two attached hydrogens (primary N) is 1. The molecule has 1 saturated heterocycles. The van der Waals surface area contributed by atoms with Gasteiger partial charge in [0.15, 0.2) is 0 Å². The fraction of sp³-hybridized carbons (Fsp3) is 0.778. The maximum Gasteiger partial charge on any atom is 0.310 e. The molecule has 4 aliphatic carbocycles. The number of benzene rings is 1. The molecule has 5 aliphatic rings. The molecule has 3 saturated carbocycles. The lowest BCUT2D eigenvalue weighted by Crippen LogP contribution is -2.70. The van der Waals surface area contributed by atoms with Gasteiger partial charge in [0.1, 0.15) is 18.8 Å². The number of hydrogen-bond donors (Lipinski definition) is 1. The van der Waals surface area contributed by atoms with Gasteiger partial charge in [0.05, 0.1) is 25.2 Å². The summed E-state index contributed by atoms with van der Waals surface area (Å²) in [6, 6.07) is 9.94. The quantitative estimate of drug-likeness (QED) is 0.191. The highest BCUT2D eigenvalue weighted by Crippen LogP contribution is 2.75. The molecule has 6 rings (SSSR count). The molecule has 0 aromatic heterocycles. The molecule has 0 spiro atoms. The molecular formula is C45H69NO6. The zero-order valence-corrected chi connectivity index (χ0v) is 34.1. The van der Waals surface area contributed by atoms with Crippen LogP contribution in [0.2, 0.25) is 0 Å². The van der Waals surface area contributed by atoms with Crippen LogP contribution in [-0.4, -0.2) is 49.5 Å². The molecule has 7 heteroatoms. The highest BCUT2D eigenvalue weighted by Gasteiger charge is 2.72. The van der Waals surface area contributed by atoms with Crippen molar-refractivity contribution in [1.29, 1.82) is 0 Å². The van der Waals surface area contributed by atoms with Crippen molar-refractivity contribution in [3.8, 4) is 0 Å². The highest BCUT2D eigenvalue weighted by molar-refractivity contribution is 5.75. The molecule has 52 heavy (non-hydrogen) atoms. The number of hydrogen-bond acceptors (Lipinski definition) is 7. The van der Waals surface area contributed by atoms with E-state index in [2.05, 4.69) is 75.3 Å². The summed E-state index contributed by atoms with van der Waals surface area (Å²) in [5.41, 5.74) is 7.89. The third-order valence-corrected chi connectivity index (χ3v) is 16.3. The van der Waals surface area contributed by atoms with Crippen LogP contribution in [0.25, 0.3) is 0 Å². The average Bonchev–Trinajstić information content (AvgIpc) is 3.08. The van der Waals surface area contributed by atoms with E-state index in [1.54, 1.807) is 0 Å². The minimum absolute atomic E-state index is 0.0501.